The van der Waals surface area contributed by atoms with Crippen molar-refractivity contribution in [3.05, 3.63) is 0 Å². The van der Waals surface area contributed by atoms with Crippen molar-refractivity contribution in [3.63, 3.8) is 0 Å². The lowest BCUT2D eigenvalue weighted by Gasteiger charge is -2.25. The Labute approximate surface area is 104 Å². The van der Waals surface area contributed by atoms with Gasteiger partial charge in [-0.2, -0.15) is 0 Å². The van der Waals surface area contributed by atoms with Crippen LogP contribution in [0.1, 0.15) is 91.9 Å². The molecular weight excluding hydrogens is 192 g/mol. The predicted molar refractivity (Wildman–Crippen MR) is 75.8 cm³/mol. The third kappa shape index (κ3) is 6.55. The molecule has 0 nitrogen and oxygen atoms in total. The fourth-order valence-electron chi connectivity index (χ4n) is 3.14. The first-order valence-corrected chi connectivity index (χ1v) is 7.88. The zero-order valence-corrected chi connectivity index (χ0v) is 12.2. The van der Waals surface area contributed by atoms with Gasteiger partial charge in [0.15, 0.2) is 0 Å². The molecule has 0 amide bonds. The minimum atomic E-state index is 1.06. The Kier molecular flexibility index (Phi) is 11.5. The fraction of sp³-hybridized carbons (Fsp3) is 1.00. The quantitative estimate of drug-likeness (QED) is 0.490. The van der Waals surface area contributed by atoms with Gasteiger partial charge in [-0.15, -0.1) is 0 Å². The lowest BCUT2D eigenvalue weighted by Crippen LogP contribution is -2.14. The largest absolute Gasteiger partial charge is 0.0683 e. The maximum absolute atomic E-state index is 2.35. The van der Waals surface area contributed by atoms with Crippen LogP contribution in [0, 0.1) is 11.8 Å². The van der Waals surface area contributed by atoms with Crippen LogP contribution in [0.2, 0.25) is 0 Å². The van der Waals surface area contributed by atoms with E-state index in [0.29, 0.717) is 0 Å². The first-order chi connectivity index (χ1) is 7.88. The summed E-state index contributed by atoms with van der Waals surface area (Å²) in [7, 11) is 0. The molecule has 0 heteroatoms. The van der Waals surface area contributed by atoms with Crippen LogP contribution in [-0.2, 0) is 0 Å². The van der Waals surface area contributed by atoms with Crippen LogP contribution in [0.3, 0.4) is 0 Å². The van der Waals surface area contributed by atoms with Gasteiger partial charge in [0.2, 0.25) is 0 Å². The van der Waals surface area contributed by atoms with Crippen molar-refractivity contribution >= 4 is 0 Å². The maximum Gasteiger partial charge on any atom is -0.0386 e. The van der Waals surface area contributed by atoms with Crippen LogP contribution in [0.5, 0.6) is 0 Å². The van der Waals surface area contributed by atoms with Gasteiger partial charge in [-0.3, -0.25) is 0 Å². The molecule has 16 heavy (non-hydrogen) atoms. The molecule has 0 aromatic rings. The standard InChI is InChI=1S/C14H28.C2H6/c1-3-9-13(10-4-2)14-11-7-5-6-8-12-14;1-2/h13-14H,3-12H2,1-2H3;1-2H3. The average Bonchev–Trinajstić information content (AvgIpc) is 2.60. The number of hydrogen-bond acceptors (Lipinski definition) is 0. The Morgan fingerprint density at radius 3 is 1.62 bits per heavy atom. The Balaban J connectivity index is 0.00000106. The van der Waals surface area contributed by atoms with Gasteiger partial charge in [0, 0.05) is 0 Å². The molecule has 1 fully saturated rings. The fourth-order valence-corrected chi connectivity index (χ4v) is 3.14. The van der Waals surface area contributed by atoms with Crippen molar-refractivity contribution in [2.24, 2.45) is 11.8 Å². The lowest BCUT2D eigenvalue weighted by molar-refractivity contribution is 0.262. The molecule has 1 aliphatic rings. The van der Waals surface area contributed by atoms with Gasteiger partial charge in [-0.25, -0.2) is 0 Å². The zero-order chi connectivity index (χ0) is 12.2. The first kappa shape index (κ1) is 16.0. The second-order valence-corrected chi connectivity index (χ2v) is 5.09. The summed E-state index contributed by atoms with van der Waals surface area (Å²) in [6, 6.07) is 0. The third-order valence-corrected chi connectivity index (χ3v) is 3.89. The minimum Gasteiger partial charge on any atom is -0.0683 e. The smallest absolute Gasteiger partial charge is 0.0386 e. The van der Waals surface area contributed by atoms with E-state index in [9.17, 15) is 0 Å². The molecule has 0 aromatic carbocycles. The van der Waals surface area contributed by atoms with Gasteiger partial charge in [-0.1, -0.05) is 91.9 Å². The Hall–Kier alpha value is 0. The van der Waals surface area contributed by atoms with Crippen molar-refractivity contribution in [2.45, 2.75) is 91.9 Å². The van der Waals surface area contributed by atoms with E-state index in [1.807, 2.05) is 13.8 Å². The van der Waals surface area contributed by atoms with Crippen molar-refractivity contribution in [2.75, 3.05) is 0 Å². The highest BCUT2D eigenvalue weighted by Crippen LogP contribution is 2.33. The summed E-state index contributed by atoms with van der Waals surface area (Å²) in [5, 5.41) is 0. The number of rotatable bonds is 5. The molecule has 0 saturated heterocycles. The summed E-state index contributed by atoms with van der Waals surface area (Å²) in [6.45, 7) is 8.69. The molecule has 1 rings (SSSR count). The minimum absolute atomic E-state index is 1.06. The van der Waals surface area contributed by atoms with Crippen LogP contribution in [-0.4, -0.2) is 0 Å². The maximum atomic E-state index is 2.35. The average molecular weight is 226 g/mol. The highest BCUT2D eigenvalue weighted by molar-refractivity contribution is 4.72. The van der Waals surface area contributed by atoms with Gasteiger partial charge < -0.3 is 0 Å². The van der Waals surface area contributed by atoms with E-state index in [2.05, 4.69) is 13.8 Å². The molecule has 0 aliphatic heterocycles. The summed E-state index contributed by atoms with van der Waals surface area (Å²) < 4.78 is 0. The van der Waals surface area contributed by atoms with E-state index in [1.54, 1.807) is 0 Å². The van der Waals surface area contributed by atoms with Gasteiger partial charge in [0.1, 0.15) is 0 Å². The van der Waals surface area contributed by atoms with Crippen LogP contribution in [0.25, 0.3) is 0 Å². The van der Waals surface area contributed by atoms with Gasteiger partial charge >= 0.3 is 0 Å². The van der Waals surface area contributed by atoms with E-state index in [0.717, 1.165) is 11.8 Å². The Morgan fingerprint density at radius 1 is 0.812 bits per heavy atom. The van der Waals surface area contributed by atoms with Gasteiger partial charge in [0.25, 0.3) is 0 Å². The molecule has 0 bridgehead atoms. The van der Waals surface area contributed by atoms with Crippen molar-refractivity contribution in [1.29, 1.82) is 0 Å². The van der Waals surface area contributed by atoms with E-state index in [1.165, 1.54) is 64.2 Å². The Morgan fingerprint density at radius 2 is 1.25 bits per heavy atom. The highest BCUT2D eigenvalue weighted by Gasteiger charge is 2.20. The second kappa shape index (κ2) is 11.5. The van der Waals surface area contributed by atoms with Crippen molar-refractivity contribution < 1.29 is 0 Å². The monoisotopic (exact) mass is 226 g/mol. The predicted octanol–water partition coefficient (Wildman–Crippen LogP) is 6.20. The van der Waals surface area contributed by atoms with Crippen molar-refractivity contribution in [1.82, 2.24) is 0 Å². The molecule has 0 unspecified atom stereocenters. The summed E-state index contributed by atoms with van der Waals surface area (Å²) in [4.78, 5) is 0. The van der Waals surface area contributed by atoms with Crippen LogP contribution < -0.4 is 0 Å². The SMILES string of the molecule is CC.CCCC(CCC)C1CCCCCC1. The molecule has 98 valence electrons. The first-order valence-electron chi connectivity index (χ1n) is 7.88. The number of hydrogen-bond donors (Lipinski definition) is 0. The zero-order valence-electron chi connectivity index (χ0n) is 12.2. The molecule has 0 heterocycles. The molecule has 0 spiro atoms. The van der Waals surface area contributed by atoms with E-state index in [-0.39, 0.29) is 0 Å². The third-order valence-electron chi connectivity index (χ3n) is 3.89. The summed E-state index contributed by atoms with van der Waals surface area (Å²) in [5.41, 5.74) is 0. The molecular formula is C16H34. The molecule has 1 saturated carbocycles. The van der Waals surface area contributed by atoms with E-state index < -0.39 is 0 Å². The molecule has 0 radical (unpaired) electrons. The van der Waals surface area contributed by atoms with Crippen LogP contribution >= 0.6 is 0 Å². The van der Waals surface area contributed by atoms with Crippen LogP contribution in [0.4, 0.5) is 0 Å². The molecule has 0 N–H and O–H groups in total. The highest BCUT2D eigenvalue weighted by atomic mass is 14.3. The summed E-state index contributed by atoms with van der Waals surface area (Å²) >= 11 is 0. The lowest BCUT2D eigenvalue weighted by atomic mass is 9.81. The van der Waals surface area contributed by atoms with Gasteiger partial charge in [-0.05, 0) is 11.8 Å². The van der Waals surface area contributed by atoms with E-state index in [4.69, 9.17) is 0 Å². The second-order valence-electron chi connectivity index (χ2n) is 5.09. The van der Waals surface area contributed by atoms with E-state index >= 15 is 0 Å². The summed E-state index contributed by atoms with van der Waals surface area (Å²) in [5.74, 6) is 2.14. The topological polar surface area (TPSA) is 0 Å². The Bertz CT molecular complexity index is 114. The molecule has 0 atom stereocenters. The van der Waals surface area contributed by atoms with Crippen LogP contribution in [0.15, 0.2) is 0 Å². The van der Waals surface area contributed by atoms with Gasteiger partial charge in [0.05, 0.1) is 0 Å². The van der Waals surface area contributed by atoms with Crippen molar-refractivity contribution in [3.8, 4) is 0 Å². The summed E-state index contributed by atoms with van der Waals surface area (Å²) in [6.07, 6.45) is 14.8. The molecule has 1 aliphatic carbocycles. The normalized spacial score (nSPS) is 17.8. The molecule has 0 aromatic heterocycles.